The fourth-order valence-electron chi connectivity index (χ4n) is 3.89. The van der Waals surface area contributed by atoms with Gasteiger partial charge in [-0.1, -0.05) is 80.6 Å². The summed E-state index contributed by atoms with van der Waals surface area (Å²) in [5, 5.41) is 0. The second-order valence-electron chi connectivity index (χ2n) is 7.15. The summed E-state index contributed by atoms with van der Waals surface area (Å²) < 4.78 is 0. The van der Waals surface area contributed by atoms with Gasteiger partial charge in [-0.05, 0) is 52.3 Å². The first kappa shape index (κ1) is 14.3. The smallest absolute Gasteiger partial charge is 0.0158 e. The van der Waals surface area contributed by atoms with E-state index in [-0.39, 0.29) is 5.41 Å². The number of aryl methyl sites for hydroxylation is 1. The third kappa shape index (κ3) is 2.21. The van der Waals surface area contributed by atoms with Gasteiger partial charge in [0.15, 0.2) is 0 Å². The Labute approximate surface area is 138 Å². The Kier molecular flexibility index (Phi) is 3.16. The molecule has 0 atom stereocenters. The highest BCUT2D eigenvalue weighted by Crippen LogP contribution is 2.48. The second kappa shape index (κ2) is 5.09. The number of hydrogen-bond acceptors (Lipinski definition) is 0. The Balaban J connectivity index is 1.79. The molecule has 0 saturated heterocycles. The molecule has 0 spiro atoms. The fourth-order valence-corrected chi connectivity index (χ4v) is 3.89. The van der Waals surface area contributed by atoms with Crippen LogP contribution in [0.4, 0.5) is 0 Å². The lowest BCUT2D eigenvalue weighted by molar-refractivity contribution is 0.659. The highest BCUT2D eigenvalue weighted by Gasteiger charge is 2.34. The quantitative estimate of drug-likeness (QED) is 0.553. The molecule has 0 unspecified atom stereocenters. The molecule has 3 aromatic carbocycles. The lowest BCUT2D eigenvalue weighted by Crippen LogP contribution is -2.15. The van der Waals surface area contributed by atoms with E-state index in [0.29, 0.717) is 0 Å². The number of hydrogen-bond donors (Lipinski definition) is 0. The fraction of sp³-hybridized carbons (Fsp3) is 0.217. The van der Waals surface area contributed by atoms with E-state index in [1.54, 1.807) is 0 Å². The Bertz CT molecular complexity index is 884. The molecule has 0 saturated carbocycles. The summed E-state index contributed by atoms with van der Waals surface area (Å²) in [5.74, 6) is 0. The first-order valence-electron chi connectivity index (χ1n) is 8.35. The molecule has 0 fully saturated rings. The molecule has 0 nitrogen and oxygen atoms in total. The average molecular weight is 298 g/mol. The van der Waals surface area contributed by atoms with Gasteiger partial charge in [-0.3, -0.25) is 0 Å². The molecule has 114 valence electrons. The lowest BCUT2D eigenvalue weighted by atomic mass is 9.81. The minimum Gasteiger partial charge on any atom is -0.0620 e. The first-order chi connectivity index (χ1) is 11.1. The van der Waals surface area contributed by atoms with E-state index in [1.807, 2.05) is 0 Å². The van der Waals surface area contributed by atoms with E-state index in [2.05, 4.69) is 87.5 Å². The van der Waals surface area contributed by atoms with Gasteiger partial charge in [0.05, 0.1) is 0 Å². The van der Waals surface area contributed by atoms with Gasteiger partial charge < -0.3 is 0 Å². The minimum atomic E-state index is 0.0909. The van der Waals surface area contributed by atoms with Crippen LogP contribution in [-0.4, -0.2) is 0 Å². The molecule has 0 heterocycles. The van der Waals surface area contributed by atoms with Crippen molar-refractivity contribution in [3.05, 3.63) is 94.5 Å². The van der Waals surface area contributed by atoms with Gasteiger partial charge in [-0.15, -0.1) is 0 Å². The average Bonchev–Trinajstić information content (AvgIpc) is 2.78. The van der Waals surface area contributed by atoms with Crippen molar-refractivity contribution in [2.75, 3.05) is 0 Å². The van der Waals surface area contributed by atoms with Crippen LogP contribution in [0.3, 0.4) is 0 Å². The first-order valence-corrected chi connectivity index (χ1v) is 8.35. The molecule has 0 heteroatoms. The van der Waals surface area contributed by atoms with Crippen LogP contribution in [0.25, 0.3) is 11.1 Å². The maximum absolute atomic E-state index is 2.42. The van der Waals surface area contributed by atoms with E-state index >= 15 is 0 Å². The standard InChI is InChI=1S/C23H22/c1-16-8-4-5-9-18(16)14-17-12-13-20-19-10-6-7-11-21(19)23(2,3)22(20)15-17/h4-13,15H,14H2,1-3H3. The van der Waals surface area contributed by atoms with Crippen molar-refractivity contribution in [2.45, 2.75) is 32.6 Å². The Morgan fingerprint density at radius 1 is 0.739 bits per heavy atom. The highest BCUT2D eigenvalue weighted by atomic mass is 14.4. The molecule has 23 heavy (non-hydrogen) atoms. The van der Waals surface area contributed by atoms with Crippen molar-refractivity contribution in [2.24, 2.45) is 0 Å². The zero-order chi connectivity index (χ0) is 16.0. The maximum atomic E-state index is 2.42. The molecular weight excluding hydrogens is 276 g/mol. The van der Waals surface area contributed by atoms with Crippen molar-refractivity contribution in [1.29, 1.82) is 0 Å². The molecule has 0 amide bonds. The normalized spacial score (nSPS) is 14.4. The number of benzene rings is 3. The SMILES string of the molecule is Cc1ccccc1Cc1ccc2c(c1)C(C)(C)c1ccccc1-2. The van der Waals surface area contributed by atoms with E-state index < -0.39 is 0 Å². The summed E-state index contributed by atoms with van der Waals surface area (Å²) in [6.45, 7) is 6.88. The molecule has 0 radical (unpaired) electrons. The van der Waals surface area contributed by atoms with Crippen LogP contribution >= 0.6 is 0 Å². The van der Waals surface area contributed by atoms with Crippen molar-refractivity contribution in [1.82, 2.24) is 0 Å². The molecule has 0 aromatic heterocycles. The number of rotatable bonds is 2. The van der Waals surface area contributed by atoms with Gasteiger partial charge in [-0.25, -0.2) is 0 Å². The summed E-state index contributed by atoms with van der Waals surface area (Å²) in [7, 11) is 0. The third-order valence-corrected chi connectivity index (χ3v) is 5.30. The summed E-state index contributed by atoms with van der Waals surface area (Å²) in [6.07, 6.45) is 1.01. The Morgan fingerprint density at radius 2 is 1.43 bits per heavy atom. The van der Waals surface area contributed by atoms with Crippen molar-refractivity contribution in [3.8, 4) is 11.1 Å². The Morgan fingerprint density at radius 3 is 2.26 bits per heavy atom. The van der Waals surface area contributed by atoms with Crippen LogP contribution in [0.2, 0.25) is 0 Å². The van der Waals surface area contributed by atoms with Crippen LogP contribution in [0.15, 0.2) is 66.7 Å². The Hall–Kier alpha value is -2.34. The van der Waals surface area contributed by atoms with Gasteiger partial charge in [0.2, 0.25) is 0 Å². The van der Waals surface area contributed by atoms with Gasteiger partial charge in [-0.2, -0.15) is 0 Å². The molecule has 4 rings (SSSR count). The largest absolute Gasteiger partial charge is 0.0620 e. The molecule has 0 bridgehead atoms. The molecule has 0 N–H and O–H groups in total. The van der Waals surface area contributed by atoms with Crippen LogP contribution in [-0.2, 0) is 11.8 Å². The van der Waals surface area contributed by atoms with Gasteiger partial charge in [0, 0.05) is 5.41 Å². The molecule has 0 aliphatic heterocycles. The van der Waals surface area contributed by atoms with Crippen LogP contribution < -0.4 is 0 Å². The van der Waals surface area contributed by atoms with Crippen molar-refractivity contribution in [3.63, 3.8) is 0 Å². The predicted molar refractivity (Wildman–Crippen MR) is 98.0 cm³/mol. The highest BCUT2D eigenvalue weighted by molar-refractivity contribution is 5.80. The zero-order valence-electron chi connectivity index (χ0n) is 14.1. The van der Waals surface area contributed by atoms with Crippen LogP contribution in [0.5, 0.6) is 0 Å². The topological polar surface area (TPSA) is 0 Å². The van der Waals surface area contributed by atoms with E-state index in [4.69, 9.17) is 0 Å². The van der Waals surface area contributed by atoms with E-state index in [9.17, 15) is 0 Å². The lowest BCUT2D eigenvalue weighted by Gasteiger charge is -2.22. The van der Waals surface area contributed by atoms with Crippen molar-refractivity contribution < 1.29 is 0 Å². The molecule has 1 aliphatic rings. The third-order valence-electron chi connectivity index (χ3n) is 5.30. The van der Waals surface area contributed by atoms with Crippen molar-refractivity contribution >= 4 is 0 Å². The molecule has 1 aliphatic carbocycles. The van der Waals surface area contributed by atoms with Crippen LogP contribution in [0.1, 0.15) is 41.7 Å². The second-order valence-corrected chi connectivity index (χ2v) is 7.15. The van der Waals surface area contributed by atoms with Gasteiger partial charge in [0.1, 0.15) is 0 Å². The van der Waals surface area contributed by atoms with E-state index in [0.717, 1.165) is 6.42 Å². The number of fused-ring (bicyclic) bond motifs is 3. The summed E-state index contributed by atoms with van der Waals surface area (Å²) in [4.78, 5) is 0. The van der Waals surface area contributed by atoms with Crippen LogP contribution in [0, 0.1) is 6.92 Å². The predicted octanol–water partition coefficient (Wildman–Crippen LogP) is 5.89. The summed E-state index contributed by atoms with van der Waals surface area (Å²) in [6, 6.07) is 24.5. The molecule has 3 aromatic rings. The van der Waals surface area contributed by atoms with Gasteiger partial charge >= 0.3 is 0 Å². The zero-order valence-corrected chi connectivity index (χ0v) is 14.1. The van der Waals surface area contributed by atoms with Gasteiger partial charge in [0.25, 0.3) is 0 Å². The van der Waals surface area contributed by atoms with E-state index in [1.165, 1.54) is 38.9 Å². The summed E-state index contributed by atoms with van der Waals surface area (Å²) >= 11 is 0. The minimum absolute atomic E-state index is 0.0909. The maximum Gasteiger partial charge on any atom is 0.0158 e. The monoisotopic (exact) mass is 298 g/mol. The summed E-state index contributed by atoms with van der Waals surface area (Å²) in [5.41, 5.74) is 9.99. The molecular formula is C23H22.